The van der Waals surface area contributed by atoms with Crippen LogP contribution in [0.15, 0.2) is 0 Å². The van der Waals surface area contributed by atoms with Crippen molar-refractivity contribution >= 4 is 6.16 Å². The van der Waals surface area contributed by atoms with Gasteiger partial charge >= 0.3 is 6.16 Å². The highest BCUT2D eigenvalue weighted by molar-refractivity contribution is 5.57. The smallest absolute Gasteiger partial charge is 0.450 e. The lowest BCUT2D eigenvalue weighted by Crippen LogP contribution is -2.68. The number of ether oxygens (including phenoxy) is 1. The van der Waals surface area contributed by atoms with Crippen LogP contribution in [0.5, 0.6) is 0 Å². The summed E-state index contributed by atoms with van der Waals surface area (Å²) in [6, 6.07) is 0. The molecule has 3 fully saturated rings. The Kier molecular flexibility index (Phi) is 2.84. The quantitative estimate of drug-likeness (QED) is 0.540. The molecule has 0 saturated carbocycles. The summed E-state index contributed by atoms with van der Waals surface area (Å²) in [6.45, 7) is 9.58. The maximum absolute atomic E-state index is 10.4. The molecule has 1 unspecified atom stereocenters. The number of hydrogen-bond donors (Lipinski definition) is 1. The Bertz CT molecular complexity index is 235. The molecule has 0 aliphatic carbocycles. The molecule has 15 heavy (non-hydrogen) atoms. The van der Waals surface area contributed by atoms with Gasteiger partial charge in [-0.25, -0.2) is 4.79 Å². The number of fused-ring (bicyclic) bond motifs is 3. The first kappa shape index (κ1) is 10.7. The maximum atomic E-state index is 10.4. The second kappa shape index (κ2) is 3.98. The lowest BCUT2D eigenvalue weighted by atomic mass is 10.1. The summed E-state index contributed by atoms with van der Waals surface area (Å²) in [5, 5.41) is 8.54. The molecule has 3 aliphatic rings. The molecule has 86 valence electrons. The first-order valence-electron chi connectivity index (χ1n) is 5.57. The van der Waals surface area contributed by atoms with E-state index >= 15 is 0 Å². The van der Waals surface area contributed by atoms with E-state index in [1.54, 1.807) is 0 Å². The van der Waals surface area contributed by atoms with Gasteiger partial charge < -0.3 is 14.3 Å². The number of piperazine rings is 3. The van der Waals surface area contributed by atoms with Crippen LogP contribution >= 0.6 is 0 Å². The third kappa shape index (κ3) is 2.41. The molecular weight excluding hydrogens is 196 g/mol. The zero-order valence-corrected chi connectivity index (χ0v) is 9.19. The topological polar surface area (TPSA) is 49.8 Å². The molecule has 1 atom stereocenters. The average molecular weight is 215 g/mol. The monoisotopic (exact) mass is 215 g/mol. The molecule has 0 aromatic rings. The zero-order chi connectivity index (χ0) is 10.9. The Balaban J connectivity index is 1.89. The van der Waals surface area contributed by atoms with E-state index in [9.17, 15) is 4.79 Å². The van der Waals surface area contributed by atoms with E-state index in [-0.39, 0.29) is 6.10 Å². The molecule has 3 aliphatic heterocycles. The highest BCUT2D eigenvalue weighted by Crippen LogP contribution is 2.20. The van der Waals surface area contributed by atoms with Crippen molar-refractivity contribution in [3.05, 3.63) is 0 Å². The molecular formula is C10H19N2O3+. The summed E-state index contributed by atoms with van der Waals surface area (Å²) in [7, 11) is 0. The van der Waals surface area contributed by atoms with E-state index in [1.165, 1.54) is 0 Å². The predicted octanol–water partition coefficient (Wildman–Crippen LogP) is 0.216. The fourth-order valence-electron chi connectivity index (χ4n) is 2.76. The van der Waals surface area contributed by atoms with Gasteiger partial charge in [0.05, 0.1) is 19.6 Å². The van der Waals surface area contributed by atoms with Crippen LogP contribution in [0.1, 0.15) is 6.92 Å². The van der Waals surface area contributed by atoms with Gasteiger partial charge in [0, 0.05) is 19.6 Å². The van der Waals surface area contributed by atoms with Crippen molar-refractivity contribution in [3.8, 4) is 0 Å². The van der Waals surface area contributed by atoms with Gasteiger partial charge in [0.15, 0.2) is 6.10 Å². The summed E-state index contributed by atoms with van der Waals surface area (Å²) < 4.78 is 5.83. The number of carboxylic acid groups (broad SMARTS) is 1. The van der Waals surface area contributed by atoms with Crippen LogP contribution in [0.3, 0.4) is 0 Å². The van der Waals surface area contributed by atoms with Gasteiger partial charge in [-0.2, -0.15) is 0 Å². The van der Waals surface area contributed by atoms with Crippen LogP contribution in [0, 0.1) is 0 Å². The van der Waals surface area contributed by atoms with Crippen LogP contribution in [-0.2, 0) is 4.74 Å². The Hall–Kier alpha value is -0.810. The Morgan fingerprint density at radius 3 is 2.40 bits per heavy atom. The predicted molar refractivity (Wildman–Crippen MR) is 54.7 cm³/mol. The lowest BCUT2D eigenvalue weighted by Gasteiger charge is -2.51. The van der Waals surface area contributed by atoms with Crippen molar-refractivity contribution in [2.24, 2.45) is 0 Å². The summed E-state index contributed by atoms with van der Waals surface area (Å²) in [6.07, 6.45) is -1.34. The first-order valence-corrected chi connectivity index (χ1v) is 5.57. The minimum Gasteiger partial charge on any atom is -0.450 e. The zero-order valence-electron chi connectivity index (χ0n) is 9.19. The lowest BCUT2D eigenvalue weighted by molar-refractivity contribution is -0.943. The highest BCUT2D eigenvalue weighted by atomic mass is 16.7. The van der Waals surface area contributed by atoms with Crippen molar-refractivity contribution in [3.63, 3.8) is 0 Å². The van der Waals surface area contributed by atoms with Crippen molar-refractivity contribution in [2.45, 2.75) is 13.0 Å². The second-order valence-corrected chi connectivity index (χ2v) is 4.73. The molecule has 1 N–H and O–H groups in total. The van der Waals surface area contributed by atoms with Crippen molar-refractivity contribution in [1.82, 2.24) is 4.90 Å². The molecule has 3 rings (SSSR count). The van der Waals surface area contributed by atoms with E-state index < -0.39 is 6.16 Å². The summed E-state index contributed by atoms with van der Waals surface area (Å²) in [5.41, 5.74) is 0. The van der Waals surface area contributed by atoms with Crippen molar-refractivity contribution in [1.29, 1.82) is 0 Å². The van der Waals surface area contributed by atoms with Crippen molar-refractivity contribution in [2.75, 3.05) is 45.8 Å². The molecule has 0 aromatic heterocycles. The molecule has 0 amide bonds. The third-order valence-corrected chi connectivity index (χ3v) is 3.62. The Morgan fingerprint density at radius 2 is 1.93 bits per heavy atom. The molecule has 5 nitrogen and oxygen atoms in total. The van der Waals surface area contributed by atoms with Gasteiger partial charge in [-0.3, -0.25) is 4.90 Å². The van der Waals surface area contributed by atoms with Crippen LogP contribution in [-0.4, -0.2) is 72.6 Å². The average Bonchev–Trinajstić information content (AvgIpc) is 2.18. The van der Waals surface area contributed by atoms with Crippen LogP contribution in [0.2, 0.25) is 0 Å². The largest absolute Gasteiger partial charge is 0.506 e. The minimum atomic E-state index is -1.16. The van der Waals surface area contributed by atoms with Crippen molar-refractivity contribution < 1.29 is 19.1 Å². The van der Waals surface area contributed by atoms with E-state index in [0.717, 1.165) is 50.3 Å². The van der Waals surface area contributed by atoms with Crippen LogP contribution in [0.25, 0.3) is 0 Å². The fraction of sp³-hybridized carbons (Fsp3) is 0.900. The van der Waals surface area contributed by atoms with Crippen LogP contribution in [0.4, 0.5) is 4.79 Å². The third-order valence-electron chi connectivity index (χ3n) is 3.62. The SMILES string of the molecule is CC(C[N+]12CCN(CC1)CC2)OC(=O)O. The number of carbonyl (C=O) groups is 1. The normalized spacial score (nSPS) is 36.2. The number of quaternary nitrogens is 1. The van der Waals surface area contributed by atoms with Crippen LogP contribution < -0.4 is 0 Å². The summed E-state index contributed by atoms with van der Waals surface area (Å²) >= 11 is 0. The Labute approximate surface area is 89.8 Å². The first-order chi connectivity index (χ1) is 7.10. The number of nitrogens with zero attached hydrogens (tertiary/aromatic N) is 2. The highest BCUT2D eigenvalue weighted by Gasteiger charge is 2.39. The molecule has 3 heterocycles. The van der Waals surface area contributed by atoms with E-state index in [1.807, 2.05) is 6.92 Å². The molecule has 0 aromatic carbocycles. The molecule has 0 spiro atoms. The van der Waals surface area contributed by atoms with Gasteiger partial charge in [0.25, 0.3) is 0 Å². The van der Waals surface area contributed by atoms with E-state index in [0.29, 0.717) is 0 Å². The summed E-state index contributed by atoms with van der Waals surface area (Å²) in [4.78, 5) is 12.9. The van der Waals surface area contributed by atoms with Gasteiger partial charge in [-0.05, 0) is 6.92 Å². The molecule has 3 saturated heterocycles. The number of rotatable bonds is 3. The van der Waals surface area contributed by atoms with Gasteiger partial charge in [0.1, 0.15) is 6.54 Å². The van der Waals surface area contributed by atoms with E-state index in [2.05, 4.69) is 4.90 Å². The standard InChI is InChI=1S/C10H18N2O3/c1-9(15-10(13)14)8-12-5-2-11(3-6-12)4-7-12/h9H,2-8H2,1H3/p+1. The van der Waals surface area contributed by atoms with E-state index in [4.69, 9.17) is 9.84 Å². The summed E-state index contributed by atoms with van der Waals surface area (Å²) in [5.74, 6) is 0. The maximum Gasteiger partial charge on any atom is 0.506 e. The van der Waals surface area contributed by atoms with Gasteiger partial charge in [-0.15, -0.1) is 0 Å². The number of hydrogen-bond acceptors (Lipinski definition) is 3. The van der Waals surface area contributed by atoms with Gasteiger partial charge in [-0.1, -0.05) is 0 Å². The fourth-order valence-corrected chi connectivity index (χ4v) is 2.76. The minimum absolute atomic E-state index is 0.188. The Morgan fingerprint density at radius 1 is 1.40 bits per heavy atom. The molecule has 0 radical (unpaired) electrons. The second-order valence-electron chi connectivity index (χ2n) is 4.73. The van der Waals surface area contributed by atoms with Gasteiger partial charge in [0.2, 0.25) is 0 Å². The molecule has 2 bridgehead atoms. The molecule has 5 heteroatoms.